The lowest BCUT2D eigenvalue weighted by Crippen LogP contribution is -2.30. The standard InChI is InChI=1S/C18H30O3/c1-5-17(20,6-2)12-15-11-16(10-9-14(15)13-19)18(21,7-3)8-4/h9-11,19-21H,5-8,12-13H2,1-4H3. The number of hydrogen-bond donors (Lipinski definition) is 3. The van der Waals surface area contributed by atoms with E-state index in [0.29, 0.717) is 32.1 Å². The highest BCUT2D eigenvalue weighted by Crippen LogP contribution is 2.32. The molecule has 3 nitrogen and oxygen atoms in total. The zero-order valence-electron chi connectivity index (χ0n) is 13.8. The first kappa shape index (κ1) is 18.1. The molecule has 0 fully saturated rings. The van der Waals surface area contributed by atoms with Gasteiger partial charge in [-0.1, -0.05) is 45.9 Å². The van der Waals surface area contributed by atoms with Gasteiger partial charge in [-0.05, 0) is 42.4 Å². The van der Waals surface area contributed by atoms with Crippen molar-refractivity contribution in [1.82, 2.24) is 0 Å². The molecule has 0 aliphatic heterocycles. The second-order valence-corrected chi connectivity index (χ2v) is 5.99. The van der Waals surface area contributed by atoms with E-state index in [-0.39, 0.29) is 6.61 Å². The van der Waals surface area contributed by atoms with Gasteiger partial charge in [0.25, 0.3) is 0 Å². The molecule has 0 heterocycles. The molecule has 21 heavy (non-hydrogen) atoms. The molecule has 1 rings (SSSR count). The van der Waals surface area contributed by atoms with Crippen LogP contribution in [0, 0.1) is 0 Å². The van der Waals surface area contributed by atoms with Gasteiger partial charge in [-0.25, -0.2) is 0 Å². The monoisotopic (exact) mass is 294 g/mol. The third-order valence-electron chi connectivity index (χ3n) is 4.92. The Morgan fingerprint density at radius 3 is 1.86 bits per heavy atom. The Labute approximate surface area is 128 Å². The second kappa shape index (κ2) is 7.39. The summed E-state index contributed by atoms with van der Waals surface area (Å²) < 4.78 is 0. The maximum Gasteiger partial charge on any atom is 0.0891 e. The number of benzene rings is 1. The van der Waals surface area contributed by atoms with Crippen LogP contribution in [0.4, 0.5) is 0 Å². The third-order valence-corrected chi connectivity index (χ3v) is 4.92. The van der Waals surface area contributed by atoms with E-state index in [1.54, 1.807) is 0 Å². The molecule has 1 aromatic carbocycles. The second-order valence-electron chi connectivity index (χ2n) is 5.99. The van der Waals surface area contributed by atoms with Crippen molar-refractivity contribution < 1.29 is 15.3 Å². The van der Waals surface area contributed by atoms with Gasteiger partial charge in [0.15, 0.2) is 0 Å². The van der Waals surface area contributed by atoms with Crippen molar-refractivity contribution >= 4 is 0 Å². The Morgan fingerprint density at radius 2 is 1.43 bits per heavy atom. The van der Waals surface area contributed by atoms with E-state index >= 15 is 0 Å². The van der Waals surface area contributed by atoms with Crippen molar-refractivity contribution in [3.63, 3.8) is 0 Å². The maximum absolute atomic E-state index is 10.7. The first-order chi connectivity index (χ1) is 9.87. The van der Waals surface area contributed by atoms with Crippen LogP contribution in [0.1, 0.15) is 70.1 Å². The summed E-state index contributed by atoms with van der Waals surface area (Å²) in [5.41, 5.74) is 1.04. The van der Waals surface area contributed by atoms with Crippen LogP contribution in [0.15, 0.2) is 18.2 Å². The fourth-order valence-corrected chi connectivity index (χ4v) is 2.75. The van der Waals surface area contributed by atoms with Crippen LogP contribution < -0.4 is 0 Å². The Morgan fingerprint density at radius 1 is 0.857 bits per heavy atom. The van der Waals surface area contributed by atoms with Crippen molar-refractivity contribution in [3.05, 3.63) is 34.9 Å². The number of rotatable bonds is 8. The highest BCUT2D eigenvalue weighted by molar-refractivity contribution is 5.35. The van der Waals surface area contributed by atoms with Crippen molar-refractivity contribution in [2.45, 2.75) is 77.6 Å². The van der Waals surface area contributed by atoms with Gasteiger partial charge in [-0.2, -0.15) is 0 Å². The predicted octanol–water partition coefficient (Wildman–Crippen LogP) is 3.28. The normalized spacial score (nSPS) is 12.7. The molecule has 0 radical (unpaired) electrons. The molecule has 120 valence electrons. The number of hydrogen-bond acceptors (Lipinski definition) is 3. The molecule has 1 aromatic rings. The van der Waals surface area contributed by atoms with Crippen LogP contribution in [0.25, 0.3) is 0 Å². The Kier molecular flexibility index (Phi) is 6.39. The zero-order valence-corrected chi connectivity index (χ0v) is 13.8. The van der Waals surface area contributed by atoms with Crippen molar-refractivity contribution in [2.75, 3.05) is 0 Å². The first-order valence-electron chi connectivity index (χ1n) is 8.05. The molecule has 3 heteroatoms. The molecule has 0 amide bonds. The quantitative estimate of drug-likeness (QED) is 0.689. The average Bonchev–Trinajstić information content (AvgIpc) is 2.53. The molecule has 0 saturated carbocycles. The minimum Gasteiger partial charge on any atom is -0.392 e. The van der Waals surface area contributed by atoms with E-state index in [4.69, 9.17) is 0 Å². The lowest BCUT2D eigenvalue weighted by Gasteiger charge is -2.29. The average molecular weight is 294 g/mol. The summed E-state index contributed by atoms with van der Waals surface area (Å²) >= 11 is 0. The number of aliphatic hydroxyl groups is 3. The molecule has 0 atom stereocenters. The highest BCUT2D eigenvalue weighted by atomic mass is 16.3. The molecule has 0 aliphatic carbocycles. The molecular formula is C18H30O3. The Hall–Kier alpha value is -0.900. The molecular weight excluding hydrogens is 264 g/mol. The van der Waals surface area contributed by atoms with Gasteiger partial charge in [0.05, 0.1) is 17.8 Å². The summed E-state index contributed by atoms with van der Waals surface area (Å²) in [7, 11) is 0. The van der Waals surface area contributed by atoms with Crippen LogP contribution in [0.3, 0.4) is 0 Å². The Balaban J connectivity index is 3.23. The first-order valence-corrected chi connectivity index (χ1v) is 8.05. The van der Waals surface area contributed by atoms with Crippen molar-refractivity contribution in [1.29, 1.82) is 0 Å². The summed E-state index contributed by atoms with van der Waals surface area (Å²) in [6, 6.07) is 5.71. The van der Waals surface area contributed by atoms with Gasteiger partial charge in [0.2, 0.25) is 0 Å². The molecule has 0 aliphatic rings. The maximum atomic E-state index is 10.7. The molecule has 0 aromatic heterocycles. The van der Waals surface area contributed by atoms with Gasteiger partial charge in [-0.3, -0.25) is 0 Å². The topological polar surface area (TPSA) is 60.7 Å². The molecule has 3 N–H and O–H groups in total. The van der Waals surface area contributed by atoms with Crippen LogP contribution in [-0.2, 0) is 18.6 Å². The van der Waals surface area contributed by atoms with E-state index in [2.05, 4.69) is 0 Å². The summed E-state index contributed by atoms with van der Waals surface area (Å²) in [6.45, 7) is 7.84. The fraction of sp³-hybridized carbons (Fsp3) is 0.667. The van der Waals surface area contributed by atoms with Gasteiger partial charge >= 0.3 is 0 Å². The molecule has 0 saturated heterocycles. The highest BCUT2D eigenvalue weighted by Gasteiger charge is 2.28. The SMILES string of the molecule is CCC(O)(CC)Cc1cc(C(O)(CC)CC)ccc1CO. The van der Waals surface area contributed by atoms with E-state index in [9.17, 15) is 15.3 Å². The van der Waals surface area contributed by atoms with Crippen LogP contribution in [0.5, 0.6) is 0 Å². The van der Waals surface area contributed by atoms with E-state index < -0.39 is 11.2 Å². The minimum absolute atomic E-state index is 0.0458. The van der Waals surface area contributed by atoms with Crippen LogP contribution >= 0.6 is 0 Å². The largest absolute Gasteiger partial charge is 0.392 e. The fourth-order valence-electron chi connectivity index (χ4n) is 2.75. The lowest BCUT2D eigenvalue weighted by molar-refractivity contribution is 0.0260. The van der Waals surface area contributed by atoms with Crippen LogP contribution in [-0.4, -0.2) is 20.9 Å². The summed E-state index contributed by atoms with van der Waals surface area (Å²) in [6.07, 6.45) is 3.14. The molecule has 0 bridgehead atoms. The minimum atomic E-state index is -0.834. The Bertz CT molecular complexity index is 446. The third kappa shape index (κ3) is 4.06. The predicted molar refractivity (Wildman–Crippen MR) is 86.1 cm³/mol. The van der Waals surface area contributed by atoms with Gasteiger partial charge in [-0.15, -0.1) is 0 Å². The summed E-state index contributed by atoms with van der Waals surface area (Å²) in [5, 5.41) is 30.8. The van der Waals surface area contributed by atoms with E-state index in [1.165, 1.54) is 0 Å². The lowest BCUT2D eigenvalue weighted by atomic mass is 9.83. The van der Waals surface area contributed by atoms with Gasteiger partial charge in [0, 0.05) is 6.42 Å². The smallest absolute Gasteiger partial charge is 0.0891 e. The van der Waals surface area contributed by atoms with E-state index in [0.717, 1.165) is 16.7 Å². The number of aliphatic hydroxyl groups excluding tert-OH is 1. The summed E-state index contributed by atoms with van der Waals surface area (Å²) in [5.74, 6) is 0. The van der Waals surface area contributed by atoms with Gasteiger partial charge in [0.1, 0.15) is 0 Å². The van der Waals surface area contributed by atoms with E-state index in [1.807, 2.05) is 45.9 Å². The molecule has 0 unspecified atom stereocenters. The van der Waals surface area contributed by atoms with Crippen molar-refractivity contribution in [3.8, 4) is 0 Å². The van der Waals surface area contributed by atoms with Crippen LogP contribution in [0.2, 0.25) is 0 Å². The van der Waals surface area contributed by atoms with Gasteiger partial charge < -0.3 is 15.3 Å². The summed E-state index contributed by atoms with van der Waals surface area (Å²) in [4.78, 5) is 0. The zero-order chi connectivity index (χ0) is 16.1. The van der Waals surface area contributed by atoms with Crippen molar-refractivity contribution in [2.24, 2.45) is 0 Å². The molecule has 0 spiro atoms.